The van der Waals surface area contributed by atoms with Gasteiger partial charge in [0.15, 0.2) is 22.5 Å². The van der Waals surface area contributed by atoms with Gasteiger partial charge in [-0.2, -0.15) is 5.26 Å². The van der Waals surface area contributed by atoms with Crippen LogP contribution in [0.1, 0.15) is 77.8 Å². The molecule has 3 heterocycles. The highest BCUT2D eigenvalue weighted by Gasteiger charge is 2.40. The maximum absolute atomic E-state index is 14.9. The molecule has 11 nitrogen and oxygen atoms in total. The number of hydrogen-bond acceptors (Lipinski definition) is 10. The first-order valence-corrected chi connectivity index (χ1v) is 19.2. The summed E-state index contributed by atoms with van der Waals surface area (Å²) in [5.74, 6) is -5.49. The summed E-state index contributed by atoms with van der Waals surface area (Å²) in [4.78, 5) is 46.5. The third-order valence-corrected chi connectivity index (χ3v) is 10.6. The lowest BCUT2D eigenvalue weighted by Crippen LogP contribution is -2.52. The molecule has 0 saturated carbocycles. The first-order valence-electron chi connectivity index (χ1n) is 17.6. The molecule has 16 heteroatoms. The molecule has 1 aromatic heterocycles. The van der Waals surface area contributed by atoms with Gasteiger partial charge < -0.3 is 19.1 Å². The number of alkyl halides is 2. The fraction of sp³-hybridized carbons (Fsp3) is 0.350. The normalized spacial score (nSPS) is 15.6. The van der Waals surface area contributed by atoms with Crippen molar-refractivity contribution in [1.29, 1.82) is 5.26 Å². The minimum absolute atomic E-state index is 0.0139. The second-order valence-corrected chi connectivity index (χ2v) is 15.0. The summed E-state index contributed by atoms with van der Waals surface area (Å²) in [5.41, 5.74) is 2.25. The molecule has 2 aliphatic heterocycles. The van der Waals surface area contributed by atoms with Gasteiger partial charge >= 0.3 is 0 Å². The third-order valence-electron chi connectivity index (χ3n) is 9.74. The molecule has 1 unspecified atom stereocenters. The Kier molecular flexibility index (Phi) is 12.1. The van der Waals surface area contributed by atoms with Gasteiger partial charge in [-0.1, -0.05) is 49.3 Å². The fourth-order valence-electron chi connectivity index (χ4n) is 6.45. The summed E-state index contributed by atoms with van der Waals surface area (Å²) in [5, 5.41) is 12.9. The van der Waals surface area contributed by atoms with Crippen molar-refractivity contribution in [3.63, 3.8) is 0 Å². The highest BCUT2D eigenvalue weighted by Crippen LogP contribution is 2.39. The van der Waals surface area contributed by atoms with Crippen LogP contribution in [0.25, 0.3) is 0 Å². The van der Waals surface area contributed by atoms with Crippen LogP contribution in [0.5, 0.6) is 17.2 Å². The zero-order valence-corrected chi connectivity index (χ0v) is 32.2. The van der Waals surface area contributed by atoms with Gasteiger partial charge in [-0.05, 0) is 71.8 Å². The number of imide groups is 1. The Labute approximate surface area is 330 Å². The number of amides is 3. The second kappa shape index (κ2) is 16.8. The second-order valence-electron chi connectivity index (χ2n) is 13.8. The Bertz CT molecular complexity index is 2200. The van der Waals surface area contributed by atoms with E-state index in [1.807, 2.05) is 44.4 Å². The molecule has 3 aromatic carbocycles. The number of carbonyl (C=O) groups is 3. The van der Waals surface area contributed by atoms with Crippen LogP contribution in [0.3, 0.4) is 0 Å². The van der Waals surface area contributed by atoms with E-state index >= 15 is 0 Å². The maximum Gasteiger partial charge on any atom is 0.255 e. The van der Waals surface area contributed by atoms with Crippen molar-refractivity contribution in [2.75, 3.05) is 19.5 Å². The minimum Gasteiger partial charge on any atom is -0.490 e. The van der Waals surface area contributed by atoms with Crippen molar-refractivity contribution >= 4 is 41.1 Å². The van der Waals surface area contributed by atoms with Gasteiger partial charge in [0.05, 0.1) is 29.5 Å². The molecule has 6 rings (SSSR count). The van der Waals surface area contributed by atoms with E-state index in [4.69, 9.17) is 25.8 Å². The first-order chi connectivity index (χ1) is 26.7. The van der Waals surface area contributed by atoms with E-state index in [2.05, 4.69) is 21.4 Å². The van der Waals surface area contributed by atoms with Gasteiger partial charge in [0.25, 0.3) is 11.8 Å². The standard InChI is InChI=1S/C40H37ClF3N5O6S/c1-39(2,25-4-6-28(7-5-25)55-22-27-10-13-46-38(47-27)56-3)26-16-23(20-45)35(30(41)18-26)54-15-12-40(43,44)11-14-53-33-17-24-21-49(37(52)29(24)19-31(33)42)32-8-9-34(50)48-36(32)51/h4-7,10,13,16-19,32H,8-9,11-12,14-15,21-22H2,1-3H3,(H,48,50,51). The van der Waals surface area contributed by atoms with E-state index in [1.54, 1.807) is 24.4 Å². The van der Waals surface area contributed by atoms with Gasteiger partial charge in [0.1, 0.15) is 24.5 Å². The average molecular weight is 808 g/mol. The third kappa shape index (κ3) is 9.03. The van der Waals surface area contributed by atoms with Crippen LogP contribution in [0.15, 0.2) is 66.0 Å². The molecule has 292 valence electrons. The monoisotopic (exact) mass is 807 g/mol. The van der Waals surface area contributed by atoms with Crippen molar-refractivity contribution in [3.05, 3.63) is 105 Å². The number of nitriles is 1. The van der Waals surface area contributed by atoms with Crippen molar-refractivity contribution in [2.45, 2.75) is 75.2 Å². The Balaban J connectivity index is 1.02. The quantitative estimate of drug-likeness (QED) is 0.0733. The van der Waals surface area contributed by atoms with E-state index in [1.165, 1.54) is 22.7 Å². The number of thioether (sulfide) groups is 1. The van der Waals surface area contributed by atoms with E-state index < -0.39 is 67.0 Å². The lowest BCUT2D eigenvalue weighted by atomic mass is 9.77. The molecule has 0 aliphatic carbocycles. The number of piperidine rings is 1. The lowest BCUT2D eigenvalue weighted by molar-refractivity contribution is -0.136. The molecule has 3 amide bonds. The van der Waals surface area contributed by atoms with E-state index in [0.29, 0.717) is 22.0 Å². The molecule has 1 fully saturated rings. The van der Waals surface area contributed by atoms with Gasteiger partial charge in [-0.25, -0.2) is 23.1 Å². The van der Waals surface area contributed by atoms with E-state index in [0.717, 1.165) is 17.3 Å². The summed E-state index contributed by atoms with van der Waals surface area (Å²) in [7, 11) is 0. The zero-order valence-electron chi connectivity index (χ0n) is 30.7. The molecule has 0 bridgehead atoms. The zero-order chi connectivity index (χ0) is 40.2. The molecule has 2 aliphatic rings. The van der Waals surface area contributed by atoms with Gasteiger partial charge in [0, 0.05) is 43.0 Å². The maximum atomic E-state index is 14.9. The summed E-state index contributed by atoms with van der Waals surface area (Å²) in [6.45, 7) is 3.17. The molecular weight excluding hydrogens is 771 g/mol. The van der Waals surface area contributed by atoms with Crippen molar-refractivity contribution in [1.82, 2.24) is 20.2 Å². The van der Waals surface area contributed by atoms with Crippen LogP contribution < -0.4 is 19.5 Å². The minimum atomic E-state index is -3.28. The predicted molar refractivity (Wildman–Crippen MR) is 200 cm³/mol. The molecule has 1 N–H and O–H groups in total. The molecule has 0 spiro atoms. The number of nitrogens with zero attached hydrogens (tertiary/aromatic N) is 4. The summed E-state index contributed by atoms with van der Waals surface area (Å²) >= 11 is 8.02. The Morgan fingerprint density at radius 2 is 1.75 bits per heavy atom. The van der Waals surface area contributed by atoms with Crippen LogP contribution in [0.2, 0.25) is 5.02 Å². The smallest absolute Gasteiger partial charge is 0.255 e. The summed E-state index contributed by atoms with van der Waals surface area (Å²) in [6, 6.07) is 16.0. The molecule has 4 aromatic rings. The lowest BCUT2D eigenvalue weighted by Gasteiger charge is -2.29. The first kappa shape index (κ1) is 40.3. The number of hydrogen-bond donors (Lipinski definition) is 1. The number of carbonyl (C=O) groups excluding carboxylic acids is 3. The van der Waals surface area contributed by atoms with Gasteiger partial charge in [-0.3, -0.25) is 19.7 Å². The van der Waals surface area contributed by atoms with Gasteiger partial charge in [-0.15, -0.1) is 0 Å². The Hall–Kier alpha value is -5.33. The topological polar surface area (TPSA) is 144 Å². The fourth-order valence-corrected chi connectivity index (χ4v) is 7.09. The Morgan fingerprint density at radius 1 is 1.02 bits per heavy atom. The van der Waals surface area contributed by atoms with Crippen LogP contribution in [-0.2, 0) is 28.2 Å². The highest BCUT2D eigenvalue weighted by atomic mass is 35.5. The number of aromatic nitrogens is 2. The molecule has 1 atom stereocenters. The number of ether oxygens (including phenoxy) is 3. The van der Waals surface area contributed by atoms with Crippen LogP contribution in [0, 0.1) is 17.1 Å². The molecular formula is C40H37ClF3N5O6S. The summed E-state index contributed by atoms with van der Waals surface area (Å²) < 4.78 is 61.6. The van der Waals surface area contributed by atoms with Crippen molar-refractivity contribution in [2.24, 2.45) is 0 Å². The van der Waals surface area contributed by atoms with Crippen LogP contribution in [-0.4, -0.2) is 64.0 Å². The molecule has 0 radical (unpaired) electrons. The van der Waals surface area contributed by atoms with Crippen molar-refractivity contribution in [3.8, 4) is 23.3 Å². The molecule has 56 heavy (non-hydrogen) atoms. The Morgan fingerprint density at radius 3 is 2.45 bits per heavy atom. The van der Waals surface area contributed by atoms with Crippen LogP contribution >= 0.6 is 23.4 Å². The number of halogens is 4. The van der Waals surface area contributed by atoms with Crippen LogP contribution in [0.4, 0.5) is 13.2 Å². The highest BCUT2D eigenvalue weighted by molar-refractivity contribution is 7.98. The number of benzene rings is 3. The van der Waals surface area contributed by atoms with E-state index in [-0.39, 0.29) is 53.6 Å². The number of rotatable bonds is 15. The largest absolute Gasteiger partial charge is 0.490 e. The van der Waals surface area contributed by atoms with Gasteiger partial charge in [0.2, 0.25) is 11.8 Å². The number of nitrogens with one attached hydrogen (secondary N) is 1. The predicted octanol–water partition coefficient (Wildman–Crippen LogP) is 7.40. The summed E-state index contributed by atoms with van der Waals surface area (Å²) in [6.07, 6.45) is 2.27. The molecule has 1 saturated heterocycles. The SMILES string of the molecule is CSc1nccc(COc2ccc(C(C)(C)c3cc(Cl)c(OCCC(F)(F)CCOc4cc5c(cc4F)C(=O)N(C4CCC(=O)NC4=O)C5)c(C#N)c3)cc2)n1. The van der Waals surface area contributed by atoms with E-state index in [9.17, 15) is 32.8 Å². The number of fused-ring (bicyclic) bond motifs is 1. The van der Waals surface area contributed by atoms with Crippen molar-refractivity contribution < 1.29 is 41.8 Å². The average Bonchev–Trinajstić information content (AvgIpc) is 3.48.